The number of ether oxygens (including phenoxy) is 1. The lowest BCUT2D eigenvalue weighted by atomic mass is 9.89. The van der Waals surface area contributed by atoms with Gasteiger partial charge in [-0.2, -0.15) is 0 Å². The normalized spacial score (nSPS) is 23.9. The molecule has 1 aliphatic rings. The molecular weight excluding hydrogens is 224 g/mol. The van der Waals surface area contributed by atoms with E-state index in [1.54, 1.807) is 0 Å². The molecule has 2 unspecified atom stereocenters. The second kappa shape index (κ2) is 6.19. The Morgan fingerprint density at radius 3 is 2.94 bits per heavy atom. The van der Waals surface area contributed by atoms with E-state index in [0.717, 1.165) is 29.6 Å². The summed E-state index contributed by atoms with van der Waals surface area (Å²) in [5, 5.41) is 3.16. The monoisotopic (exact) mass is 248 g/mol. The second-order valence-corrected chi connectivity index (χ2v) is 5.44. The van der Waals surface area contributed by atoms with Crippen molar-refractivity contribution in [1.29, 1.82) is 0 Å². The maximum atomic E-state index is 6.16. The number of hydrogen-bond acceptors (Lipinski definition) is 3. The van der Waals surface area contributed by atoms with Crippen LogP contribution in [0.25, 0.3) is 0 Å². The van der Waals surface area contributed by atoms with Crippen LogP contribution in [0.4, 0.5) is 0 Å². The predicted octanol–water partition coefficient (Wildman–Crippen LogP) is 3.07. The first-order chi connectivity index (χ1) is 8.69. The Morgan fingerprint density at radius 2 is 2.22 bits per heavy atom. The molecule has 3 heteroatoms. The highest BCUT2D eigenvalue weighted by Gasteiger charge is 2.21. The number of pyridine rings is 1. The van der Waals surface area contributed by atoms with Crippen LogP contribution in [-0.4, -0.2) is 18.1 Å². The van der Waals surface area contributed by atoms with Gasteiger partial charge >= 0.3 is 0 Å². The van der Waals surface area contributed by atoms with E-state index < -0.39 is 0 Å². The Bertz CT molecular complexity index is 392. The second-order valence-electron chi connectivity index (χ2n) is 5.44. The molecule has 1 N–H and O–H groups in total. The molecular formula is C15H24N2O. The molecule has 2 atom stereocenters. The van der Waals surface area contributed by atoms with E-state index in [1.165, 1.54) is 25.7 Å². The summed E-state index contributed by atoms with van der Waals surface area (Å²) in [4.78, 5) is 4.56. The molecule has 1 aliphatic carbocycles. The van der Waals surface area contributed by atoms with Crippen molar-refractivity contribution >= 4 is 0 Å². The summed E-state index contributed by atoms with van der Waals surface area (Å²) in [5.41, 5.74) is 2.07. The number of rotatable bonds is 4. The lowest BCUT2D eigenvalue weighted by Gasteiger charge is -2.28. The molecule has 100 valence electrons. The van der Waals surface area contributed by atoms with Crippen molar-refractivity contribution in [2.75, 3.05) is 7.05 Å². The summed E-state index contributed by atoms with van der Waals surface area (Å²) >= 11 is 0. The van der Waals surface area contributed by atoms with Crippen molar-refractivity contribution in [3.8, 4) is 5.75 Å². The van der Waals surface area contributed by atoms with Crippen molar-refractivity contribution in [2.45, 2.75) is 52.2 Å². The van der Waals surface area contributed by atoms with E-state index in [2.05, 4.69) is 23.3 Å². The van der Waals surface area contributed by atoms with Crippen molar-refractivity contribution in [2.24, 2.45) is 5.92 Å². The largest absolute Gasteiger partial charge is 0.488 e. The van der Waals surface area contributed by atoms with Crippen LogP contribution >= 0.6 is 0 Å². The lowest BCUT2D eigenvalue weighted by Crippen LogP contribution is -2.25. The van der Waals surface area contributed by atoms with E-state index in [4.69, 9.17) is 4.74 Å². The fourth-order valence-corrected chi connectivity index (χ4v) is 2.66. The molecule has 0 aliphatic heterocycles. The minimum atomic E-state index is 0.369. The van der Waals surface area contributed by atoms with Crippen LogP contribution in [0.1, 0.15) is 44.0 Å². The fraction of sp³-hybridized carbons (Fsp3) is 0.667. The van der Waals surface area contributed by atoms with Crippen LogP contribution in [-0.2, 0) is 6.54 Å². The molecule has 1 fully saturated rings. The van der Waals surface area contributed by atoms with Crippen molar-refractivity contribution in [3.63, 3.8) is 0 Å². The van der Waals surface area contributed by atoms with Gasteiger partial charge in [0.15, 0.2) is 0 Å². The first-order valence-electron chi connectivity index (χ1n) is 6.97. The van der Waals surface area contributed by atoms with Gasteiger partial charge in [-0.15, -0.1) is 0 Å². The van der Waals surface area contributed by atoms with Gasteiger partial charge < -0.3 is 10.1 Å². The highest BCUT2D eigenvalue weighted by molar-refractivity contribution is 5.29. The van der Waals surface area contributed by atoms with E-state index in [1.807, 2.05) is 20.0 Å². The topological polar surface area (TPSA) is 34.2 Å². The van der Waals surface area contributed by atoms with Gasteiger partial charge in [0.2, 0.25) is 0 Å². The zero-order valence-corrected chi connectivity index (χ0v) is 11.7. The molecule has 1 saturated carbocycles. The quantitative estimate of drug-likeness (QED) is 0.889. The number of nitrogens with one attached hydrogen (secondary N) is 1. The summed E-state index contributed by atoms with van der Waals surface area (Å²) in [6, 6.07) is 4.09. The number of hydrogen-bond donors (Lipinski definition) is 1. The van der Waals surface area contributed by atoms with Crippen LogP contribution < -0.4 is 10.1 Å². The Hall–Kier alpha value is -1.09. The molecule has 18 heavy (non-hydrogen) atoms. The summed E-state index contributed by atoms with van der Waals surface area (Å²) in [7, 11) is 1.94. The molecule has 0 aromatic carbocycles. The minimum absolute atomic E-state index is 0.369. The van der Waals surface area contributed by atoms with Crippen LogP contribution in [0, 0.1) is 12.8 Å². The highest BCUT2D eigenvalue weighted by Crippen LogP contribution is 2.28. The van der Waals surface area contributed by atoms with Crippen molar-refractivity contribution in [3.05, 3.63) is 23.5 Å². The van der Waals surface area contributed by atoms with Crippen LogP contribution in [0.3, 0.4) is 0 Å². The average molecular weight is 248 g/mol. The maximum absolute atomic E-state index is 6.16. The Labute approximate surface area is 110 Å². The minimum Gasteiger partial charge on any atom is -0.488 e. The van der Waals surface area contributed by atoms with Gasteiger partial charge in [-0.3, -0.25) is 4.98 Å². The fourth-order valence-electron chi connectivity index (χ4n) is 2.66. The van der Waals surface area contributed by atoms with E-state index in [9.17, 15) is 0 Å². The molecule has 0 saturated heterocycles. The molecule has 0 radical (unpaired) electrons. The van der Waals surface area contributed by atoms with Crippen LogP contribution in [0.5, 0.6) is 5.75 Å². The number of nitrogens with zero attached hydrogens (tertiary/aromatic N) is 1. The number of aromatic nitrogens is 1. The number of aryl methyl sites for hydroxylation is 1. The highest BCUT2D eigenvalue weighted by atomic mass is 16.5. The van der Waals surface area contributed by atoms with Crippen LogP contribution in [0.2, 0.25) is 0 Å². The van der Waals surface area contributed by atoms with Gasteiger partial charge in [0.25, 0.3) is 0 Å². The summed E-state index contributed by atoms with van der Waals surface area (Å²) in [6.07, 6.45) is 5.35. The first kappa shape index (κ1) is 13.3. The smallest absolute Gasteiger partial charge is 0.142 e. The Morgan fingerprint density at radius 1 is 1.39 bits per heavy atom. The van der Waals surface area contributed by atoms with Gasteiger partial charge in [-0.25, -0.2) is 0 Å². The molecule has 0 amide bonds. The van der Waals surface area contributed by atoms with E-state index >= 15 is 0 Å². The third-order valence-corrected chi connectivity index (χ3v) is 3.60. The summed E-state index contributed by atoms with van der Waals surface area (Å²) in [6.45, 7) is 5.10. The van der Waals surface area contributed by atoms with Gasteiger partial charge in [-0.05, 0) is 51.3 Å². The van der Waals surface area contributed by atoms with E-state index in [-0.39, 0.29) is 0 Å². The van der Waals surface area contributed by atoms with Crippen molar-refractivity contribution in [1.82, 2.24) is 10.3 Å². The molecule has 3 nitrogen and oxygen atoms in total. The standard InChI is InChI=1S/C15H24N2O/c1-11-5-4-6-13(9-11)18-15-8-7-12(2)17-14(15)10-16-3/h7-8,11,13,16H,4-6,9-10H2,1-3H3. The first-order valence-corrected chi connectivity index (χ1v) is 6.97. The van der Waals surface area contributed by atoms with Gasteiger partial charge in [0, 0.05) is 12.2 Å². The Kier molecular flexibility index (Phi) is 4.59. The third-order valence-electron chi connectivity index (χ3n) is 3.60. The summed E-state index contributed by atoms with van der Waals surface area (Å²) in [5.74, 6) is 1.74. The van der Waals surface area contributed by atoms with Gasteiger partial charge in [-0.1, -0.05) is 13.3 Å². The van der Waals surface area contributed by atoms with Crippen molar-refractivity contribution < 1.29 is 4.74 Å². The summed E-state index contributed by atoms with van der Waals surface area (Å²) < 4.78 is 6.16. The zero-order valence-electron chi connectivity index (χ0n) is 11.7. The molecule has 2 rings (SSSR count). The predicted molar refractivity (Wildman–Crippen MR) is 73.8 cm³/mol. The SMILES string of the molecule is CNCc1nc(C)ccc1OC1CCCC(C)C1. The van der Waals surface area contributed by atoms with E-state index in [0.29, 0.717) is 6.10 Å². The van der Waals surface area contributed by atoms with Gasteiger partial charge in [0.1, 0.15) is 5.75 Å². The molecule has 1 heterocycles. The third kappa shape index (κ3) is 3.45. The maximum Gasteiger partial charge on any atom is 0.142 e. The zero-order chi connectivity index (χ0) is 13.0. The molecule has 1 aromatic heterocycles. The average Bonchev–Trinajstić information content (AvgIpc) is 2.33. The lowest BCUT2D eigenvalue weighted by molar-refractivity contribution is 0.127. The van der Waals surface area contributed by atoms with Crippen LogP contribution in [0.15, 0.2) is 12.1 Å². The molecule has 0 bridgehead atoms. The molecule has 0 spiro atoms. The Balaban J connectivity index is 2.07. The molecule has 1 aromatic rings. The van der Waals surface area contributed by atoms with Gasteiger partial charge in [0.05, 0.1) is 11.8 Å².